The van der Waals surface area contributed by atoms with E-state index in [1.54, 1.807) is 18.2 Å². The monoisotopic (exact) mass is 217 g/mol. The molecule has 0 amide bonds. The van der Waals surface area contributed by atoms with Crippen molar-refractivity contribution in [3.8, 4) is 12.3 Å². The van der Waals surface area contributed by atoms with Crippen molar-refractivity contribution in [2.24, 2.45) is 0 Å². The first-order chi connectivity index (χ1) is 7.63. The number of esters is 1. The van der Waals surface area contributed by atoms with Crippen LogP contribution in [0, 0.1) is 12.3 Å². The quantitative estimate of drug-likeness (QED) is 0.621. The van der Waals surface area contributed by atoms with Gasteiger partial charge in [-0.05, 0) is 32.0 Å². The number of terminal acetylenes is 1. The van der Waals surface area contributed by atoms with Crippen LogP contribution < -0.4 is 5.32 Å². The van der Waals surface area contributed by atoms with Gasteiger partial charge in [0.2, 0.25) is 0 Å². The standard InChI is InChI=1S/C13H15NO2/c1-4-8-16-13(15)11-6-5-7-12(9-11)14-10(2)3/h1,5-7,9-10,14H,8H2,2-3H3. The fraction of sp³-hybridized carbons (Fsp3) is 0.308. The SMILES string of the molecule is C#CCOC(=O)c1cccc(NC(C)C)c1. The fourth-order valence-electron chi connectivity index (χ4n) is 1.26. The number of anilines is 1. The van der Waals surface area contributed by atoms with Crippen LogP contribution in [0.15, 0.2) is 24.3 Å². The summed E-state index contributed by atoms with van der Waals surface area (Å²) in [6.45, 7) is 4.06. The Hall–Kier alpha value is -1.95. The highest BCUT2D eigenvalue weighted by molar-refractivity contribution is 5.90. The summed E-state index contributed by atoms with van der Waals surface area (Å²) in [4.78, 5) is 11.5. The van der Waals surface area contributed by atoms with Crippen molar-refractivity contribution in [1.29, 1.82) is 0 Å². The molecular formula is C13H15NO2. The summed E-state index contributed by atoms with van der Waals surface area (Å²) in [5, 5.41) is 3.21. The zero-order valence-electron chi connectivity index (χ0n) is 9.49. The Morgan fingerprint density at radius 3 is 2.94 bits per heavy atom. The minimum Gasteiger partial charge on any atom is -0.449 e. The number of ether oxygens (including phenoxy) is 1. The van der Waals surface area contributed by atoms with Gasteiger partial charge in [-0.25, -0.2) is 4.79 Å². The van der Waals surface area contributed by atoms with Crippen molar-refractivity contribution in [2.45, 2.75) is 19.9 Å². The van der Waals surface area contributed by atoms with Crippen molar-refractivity contribution >= 4 is 11.7 Å². The zero-order chi connectivity index (χ0) is 12.0. The van der Waals surface area contributed by atoms with E-state index in [0.29, 0.717) is 11.6 Å². The Bertz CT molecular complexity index is 405. The van der Waals surface area contributed by atoms with E-state index in [9.17, 15) is 4.79 Å². The first-order valence-electron chi connectivity index (χ1n) is 5.10. The van der Waals surface area contributed by atoms with Gasteiger partial charge < -0.3 is 10.1 Å². The van der Waals surface area contributed by atoms with E-state index in [1.165, 1.54) is 0 Å². The summed E-state index contributed by atoms with van der Waals surface area (Å²) in [5.74, 6) is 1.86. The van der Waals surface area contributed by atoms with Gasteiger partial charge in [0.25, 0.3) is 0 Å². The van der Waals surface area contributed by atoms with Gasteiger partial charge in [0.15, 0.2) is 6.61 Å². The van der Waals surface area contributed by atoms with Crippen LogP contribution in [0.25, 0.3) is 0 Å². The molecule has 0 bridgehead atoms. The molecule has 3 nitrogen and oxygen atoms in total. The molecular weight excluding hydrogens is 202 g/mol. The zero-order valence-corrected chi connectivity index (χ0v) is 9.49. The first-order valence-corrected chi connectivity index (χ1v) is 5.10. The molecule has 84 valence electrons. The molecule has 1 aromatic carbocycles. The maximum Gasteiger partial charge on any atom is 0.339 e. The van der Waals surface area contributed by atoms with Crippen molar-refractivity contribution in [1.82, 2.24) is 0 Å². The van der Waals surface area contributed by atoms with Gasteiger partial charge in [0.05, 0.1) is 5.56 Å². The number of rotatable bonds is 4. The molecule has 0 saturated carbocycles. The minimum absolute atomic E-state index is 0.000665. The lowest BCUT2D eigenvalue weighted by Crippen LogP contribution is -2.11. The summed E-state index contributed by atoms with van der Waals surface area (Å²) in [5.41, 5.74) is 1.39. The number of hydrogen-bond donors (Lipinski definition) is 1. The molecule has 1 N–H and O–H groups in total. The Labute approximate surface area is 95.8 Å². The van der Waals surface area contributed by atoms with Crippen LogP contribution in [0.4, 0.5) is 5.69 Å². The van der Waals surface area contributed by atoms with Crippen LogP contribution in [0.2, 0.25) is 0 Å². The molecule has 0 saturated heterocycles. The van der Waals surface area contributed by atoms with E-state index >= 15 is 0 Å². The molecule has 0 heterocycles. The van der Waals surface area contributed by atoms with Gasteiger partial charge in [-0.3, -0.25) is 0 Å². The van der Waals surface area contributed by atoms with Crippen molar-refractivity contribution in [2.75, 3.05) is 11.9 Å². The summed E-state index contributed by atoms with van der Waals surface area (Å²) >= 11 is 0. The molecule has 0 aliphatic rings. The van der Waals surface area contributed by atoms with Crippen LogP contribution in [0.3, 0.4) is 0 Å². The average Bonchev–Trinajstić information content (AvgIpc) is 2.25. The van der Waals surface area contributed by atoms with Gasteiger partial charge >= 0.3 is 5.97 Å². The first kappa shape index (κ1) is 12.1. The smallest absolute Gasteiger partial charge is 0.339 e. The molecule has 3 heteroatoms. The predicted octanol–water partition coefficient (Wildman–Crippen LogP) is 2.30. The summed E-state index contributed by atoms with van der Waals surface area (Å²) in [7, 11) is 0. The largest absolute Gasteiger partial charge is 0.449 e. The van der Waals surface area contributed by atoms with Crippen LogP contribution in [0.1, 0.15) is 24.2 Å². The summed E-state index contributed by atoms with van der Waals surface area (Å²) in [6.07, 6.45) is 5.01. The summed E-state index contributed by atoms with van der Waals surface area (Å²) < 4.78 is 4.83. The van der Waals surface area contributed by atoms with Gasteiger partial charge in [-0.1, -0.05) is 12.0 Å². The third kappa shape index (κ3) is 3.66. The molecule has 0 atom stereocenters. The van der Waals surface area contributed by atoms with Crippen LogP contribution in [0.5, 0.6) is 0 Å². The molecule has 0 aliphatic heterocycles. The lowest BCUT2D eigenvalue weighted by molar-refractivity contribution is 0.0557. The Kier molecular flexibility index (Phi) is 4.41. The maximum atomic E-state index is 11.5. The number of nitrogens with one attached hydrogen (secondary N) is 1. The average molecular weight is 217 g/mol. The molecule has 0 spiro atoms. The fourth-order valence-corrected chi connectivity index (χ4v) is 1.26. The lowest BCUT2D eigenvalue weighted by atomic mass is 10.2. The molecule has 1 rings (SSSR count). The highest BCUT2D eigenvalue weighted by atomic mass is 16.5. The topological polar surface area (TPSA) is 38.3 Å². The van der Waals surface area contributed by atoms with Crippen molar-refractivity contribution < 1.29 is 9.53 Å². The molecule has 1 aromatic rings. The molecule has 0 aromatic heterocycles. The highest BCUT2D eigenvalue weighted by Crippen LogP contribution is 2.12. The molecule has 0 unspecified atom stereocenters. The van der Waals surface area contributed by atoms with Crippen LogP contribution >= 0.6 is 0 Å². The molecule has 0 radical (unpaired) electrons. The molecule has 0 aliphatic carbocycles. The normalized spacial score (nSPS) is 9.62. The van der Waals surface area contributed by atoms with E-state index in [2.05, 4.69) is 11.2 Å². The third-order valence-corrected chi connectivity index (χ3v) is 1.84. The van der Waals surface area contributed by atoms with Gasteiger partial charge in [0, 0.05) is 11.7 Å². The molecule has 0 fully saturated rings. The lowest BCUT2D eigenvalue weighted by Gasteiger charge is -2.10. The highest BCUT2D eigenvalue weighted by Gasteiger charge is 2.07. The van der Waals surface area contributed by atoms with Gasteiger partial charge in [-0.2, -0.15) is 0 Å². The van der Waals surface area contributed by atoms with E-state index in [1.807, 2.05) is 19.9 Å². The van der Waals surface area contributed by atoms with E-state index in [4.69, 9.17) is 11.2 Å². The second-order valence-electron chi connectivity index (χ2n) is 3.66. The predicted molar refractivity (Wildman–Crippen MR) is 64.3 cm³/mol. The summed E-state index contributed by atoms with van der Waals surface area (Å²) in [6, 6.07) is 7.47. The second-order valence-corrected chi connectivity index (χ2v) is 3.66. The Balaban J connectivity index is 2.74. The van der Waals surface area contributed by atoms with E-state index in [0.717, 1.165) is 5.69 Å². The number of hydrogen-bond acceptors (Lipinski definition) is 3. The van der Waals surface area contributed by atoms with E-state index in [-0.39, 0.29) is 6.61 Å². The van der Waals surface area contributed by atoms with Crippen LogP contribution in [-0.4, -0.2) is 18.6 Å². The third-order valence-electron chi connectivity index (χ3n) is 1.84. The maximum absolute atomic E-state index is 11.5. The van der Waals surface area contributed by atoms with Gasteiger partial charge in [-0.15, -0.1) is 6.42 Å². The second kappa shape index (κ2) is 5.82. The number of benzene rings is 1. The van der Waals surface area contributed by atoms with Gasteiger partial charge in [0.1, 0.15) is 0 Å². The van der Waals surface area contributed by atoms with Crippen molar-refractivity contribution in [3.05, 3.63) is 29.8 Å². The minimum atomic E-state index is -0.398. The Morgan fingerprint density at radius 2 is 2.31 bits per heavy atom. The van der Waals surface area contributed by atoms with Crippen LogP contribution in [-0.2, 0) is 4.74 Å². The number of carbonyl (C=O) groups is 1. The molecule has 16 heavy (non-hydrogen) atoms. The van der Waals surface area contributed by atoms with E-state index < -0.39 is 5.97 Å². The number of carbonyl (C=O) groups excluding carboxylic acids is 1. The van der Waals surface area contributed by atoms with Crippen molar-refractivity contribution in [3.63, 3.8) is 0 Å². The Morgan fingerprint density at radius 1 is 1.56 bits per heavy atom.